The zero-order valence-corrected chi connectivity index (χ0v) is 11.2. The molecule has 0 fully saturated rings. The van der Waals surface area contributed by atoms with Gasteiger partial charge in [-0.05, 0) is 68.3 Å². The highest BCUT2D eigenvalue weighted by molar-refractivity contribution is 4.47. The van der Waals surface area contributed by atoms with Crippen molar-refractivity contribution >= 4 is 0 Å². The van der Waals surface area contributed by atoms with Crippen molar-refractivity contribution in [2.24, 2.45) is 0 Å². The highest BCUT2D eigenvalue weighted by Gasteiger charge is 1.90. The normalized spacial score (nSPS) is 10.7. The van der Waals surface area contributed by atoms with E-state index in [9.17, 15) is 0 Å². The minimum absolute atomic E-state index is 1.14. The minimum atomic E-state index is 1.14. The van der Waals surface area contributed by atoms with E-state index in [0.29, 0.717) is 0 Å². The summed E-state index contributed by atoms with van der Waals surface area (Å²) in [5.41, 5.74) is 0. The summed E-state index contributed by atoms with van der Waals surface area (Å²) < 4.78 is 0. The van der Waals surface area contributed by atoms with Gasteiger partial charge in [0.1, 0.15) is 0 Å². The Morgan fingerprint density at radius 2 is 0.929 bits per heavy atom. The van der Waals surface area contributed by atoms with Gasteiger partial charge >= 0.3 is 0 Å². The van der Waals surface area contributed by atoms with E-state index in [4.69, 9.17) is 0 Å². The van der Waals surface area contributed by atoms with Crippen molar-refractivity contribution in [1.29, 1.82) is 0 Å². The first-order valence-corrected chi connectivity index (χ1v) is 5.34. The lowest BCUT2D eigenvalue weighted by atomic mass is 10.4. The fraction of sp³-hybridized carbons (Fsp3) is 1.00. The summed E-state index contributed by atoms with van der Waals surface area (Å²) in [6, 6.07) is 0. The lowest BCUT2D eigenvalue weighted by Gasteiger charge is -2.12. The Hall–Kier alpha value is -0.120. The van der Waals surface area contributed by atoms with Crippen LogP contribution >= 0.6 is 0 Å². The highest BCUT2D eigenvalue weighted by atomic mass is 15.1. The maximum atomic E-state index is 2.21. The SMILES string of the molecule is CCN(C)C.CN(C)CCCN(C)C. The van der Waals surface area contributed by atoms with Crippen molar-refractivity contribution in [3.8, 4) is 0 Å². The van der Waals surface area contributed by atoms with Gasteiger partial charge in [-0.1, -0.05) is 6.92 Å². The van der Waals surface area contributed by atoms with Gasteiger partial charge in [-0.3, -0.25) is 0 Å². The molecule has 0 aromatic rings. The van der Waals surface area contributed by atoms with Crippen LogP contribution in [0.2, 0.25) is 0 Å². The second-order valence-corrected chi connectivity index (χ2v) is 4.36. The summed E-state index contributed by atoms with van der Waals surface area (Å²) in [5.74, 6) is 0. The third-order valence-electron chi connectivity index (χ3n) is 1.84. The molecule has 0 heterocycles. The Morgan fingerprint density at radius 3 is 1.07 bits per heavy atom. The van der Waals surface area contributed by atoms with E-state index in [-0.39, 0.29) is 0 Å². The fourth-order valence-corrected chi connectivity index (χ4v) is 0.703. The van der Waals surface area contributed by atoms with Crippen molar-refractivity contribution in [2.45, 2.75) is 13.3 Å². The number of hydrogen-bond acceptors (Lipinski definition) is 3. The molecular formula is C11H29N3. The Labute approximate surface area is 90.7 Å². The zero-order valence-electron chi connectivity index (χ0n) is 11.2. The van der Waals surface area contributed by atoms with Gasteiger partial charge in [-0.15, -0.1) is 0 Å². The van der Waals surface area contributed by atoms with E-state index in [0.717, 1.165) is 6.54 Å². The molecular weight excluding hydrogens is 174 g/mol. The number of rotatable bonds is 5. The first kappa shape index (κ1) is 16.3. The van der Waals surface area contributed by atoms with Crippen LogP contribution in [0.1, 0.15) is 13.3 Å². The van der Waals surface area contributed by atoms with E-state index in [1.54, 1.807) is 0 Å². The van der Waals surface area contributed by atoms with E-state index in [1.165, 1.54) is 19.5 Å². The predicted octanol–water partition coefficient (Wildman–Crippen LogP) is 1.07. The summed E-state index contributed by atoms with van der Waals surface area (Å²) in [7, 11) is 12.5. The molecule has 0 aromatic carbocycles. The Morgan fingerprint density at radius 1 is 0.643 bits per heavy atom. The Kier molecular flexibility index (Phi) is 12.8. The van der Waals surface area contributed by atoms with Gasteiger partial charge in [0, 0.05) is 0 Å². The largest absolute Gasteiger partial charge is 0.310 e. The van der Waals surface area contributed by atoms with Crippen LogP contribution in [0.3, 0.4) is 0 Å². The standard InChI is InChI=1S/C7H18N2.C4H11N/c1-8(2)6-5-7-9(3)4;1-4-5(2)3/h5-7H2,1-4H3;4H2,1-3H3. The third-order valence-corrected chi connectivity index (χ3v) is 1.84. The summed E-state index contributed by atoms with van der Waals surface area (Å²) in [6.07, 6.45) is 1.26. The van der Waals surface area contributed by atoms with E-state index >= 15 is 0 Å². The molecule has 0 radical (unpaired) electrons. The van der Waals surface area contributed by atoms with Gasteiger partial charge in [-0.25, -0.2) is 0 Å². The molecule has 0 saturated heterocycles. The van der Waals surface area contributed by atoms with Crippen LogP contribution in [0.25, 0.3) is 0 Å². The van der Waals surface area contributed by atoms with Gasteiger partial charge in [-0.2, -0.15) is 0 Å². The number of hydrogen-bond donors (Lipinski definition) is 0. The molecule has 0 aliphatic rings. The molecule has 0 aliphatic carbocycles. The molecule has 0 aliphatic heterocycles. The van der Waals surface area contributed by atoms with Gasteiger partial charge in [0.2, 0.25) is 0 Å². The molecule has 0 saturated carbocycles. The van der Waals surface area contributed by atoms with Crippen molar-refractivity contribution < 1.29 is 0 Å². The second-order valence-electron chi connectivity index (χ2n) is 4.36. The van der Waals surface area contributed by atoms with Gasteiger partial charge in [0.15, 0.2) is 0 Å². The first-order valence-electron chi connectivity index (χ1n) is 5.34. The van der Waals surface area contributed by atoms with Crippen LogP contribution in [0.5, 0.6) is 0 Å². The molecule has 0 spiro atoms. The molecule has 0 bridgehead atoms. The summed E-state index contributed by atoms with van der Waals surface area (Å²) >= 11 is 0. The molecule has 0 rings (SSSR count). The quantitative estimate of drug-likeness (QED) is 0.662. The lowest BCUT2D eigenvalue weighted by molar-refractivity contribution is 0.340. The molecule has 0 atom stereocenters. The maximum Gasteiger partial charge on any atom is -0.00126 e. The average molecular weight is 203 g/mol. The zero-order chi connectivity index (χ0) is 11.6. The van der Waals surface area contributed by atoms with Crippen LogP contribution < -0.4 is 0 Å². The molecule has 3 heteroatoms. The molecule has 3 nitrogen and oxygen atoms in total. The lowest BCUT2D eigenvalue weighted by Crippen LogP contribution is -2.20. The van der Waals surface area contributed by atoms with Crippen LogP contribution in [-0.2, 0) is 0 Å². The van der Waals surface area contributed by atoms with Gasteiger partial charge in [0.05, 0.1) is 0 Å². The molecule has 0 N–H and O–H groups in total. The summed E-state index contributed by atoms with van der Waals surface area (Å²) in [6.45, 7) is 5.65. The van der Waals surface area contributed by atoms with Gasteiger partial charge in [0.25, 0.3) is 0 Å². The topological polar surface area (TPSA) is 9.72 Å². The van der Waals surface area contributed by atoms with Crippen molar-refractivity contribution in [2.75, 3.05) is 61.9 Å². The summed E-state index contributed by atoms with van der Waals surface area (Å²) in [5, 5.41) is 0. The fourth-order valence-electron chi connectivity index (χ4n) is 0.703. The molecule has 88 valence electrons. The third kappa shape index (κ3) is 22.6. The minimum Gasteiger partial charge on any atom is -0.310 e. The van der Waals surface area contributed by atoms with Crippen molar-refractivity contribution in [3.05, 3.63) is 0 Å². The Balaban J connectivity index is 0. The Bertz CT molecular complexity index is 92.7. The van der Waals surface area contributed by atoms with Crippen molar-refractivity contribution in [3.63, 3.8) is 0 Å². The molecule has 0 unspecified atom stereocenters. The van der Waals surface area contributed by atoms with Crippen LogP contribution in [0.15, 0.2) is 0 Å². The predicted molar refractivity (Wildman–Crippen MR) is 66.0 cm³/mol. The molecule has 0 amide bonds. The van der Waals surface area contributed by atoms with E-state index in [2.05, 4.69) is 63.9 Å². The van der Waals surface area contributed by atoms with Crippen LogP contribution in [0.4, 0.5) is 0 Å². The number of nitrogens with zero attached hydrogens (tertiary/aromatic N) is 3. The summed E-state index contributed by atoms with van der Waals surface area (Å²) in [4.78, 5) is 6.55. The van der Waals surface area contributed by atoms with Crippen LogP contribution in [0, 0.1) is 0 Å². The van der Waals surface area contributed by atoms with Gasteiger partial charge < -0.3 is 14.7 Å². The van der Waals surface area contributed by atoms with Crippen LogP contribution in [-0.4, -0.2) is 76.6 Å². The average Bonchev–Trinajstić information content (AvgIpc) is 2.04. The molecule has 14 heavy (non-hydrogen) atoms. The van der Waals surface area contributed by atoms with E-state index in [1.807, 2.05) is 0 Å². The van der Waals surface area contributed by atoms with Crippen molar-refractivity contribution in [1.82, 2.24) is 14.7 Å². The maximum absolute atomic E-state index is 2.21. The first-order chi connectivity index (χ1) is 6.40. The molecule has 0 aromatic heterocycles. The monoisotopic (exact) mass is 203 g/mol. The highest BCUT2D eigenvalue weighted by Crippen LogP contribution is 1.84. The van der Waals surface area contributed by atoms with E-state index < -0.39 is 0 Å². The smallest absolute Gasteiger partial charge is 0.00126 e. The second kappa shape index (κ2) is 11.0.